The van der Waals surface area contributed by atoms with E-state index in [9.17, 15) is 0 Å². The van der Waals surface area contributed by atoms with E-state index < -0.39 is 0 Å². The van der Waals surface area contributed by atoms with Crippen molar-refractivity contribution >= 4 is 12.6 Å². The summed E-state index contributed by atoms with van der Waals surface area (Å²) in [7, 11) is 0. The van der Waals surface area contributed by atoms with Crippen LogP contribution >= 0.6 is 12.6 Å². The van der Waals surface area contributed by atoms with E-state index in [1.54, 1.807) is 0 Å². The Morgan fingerprint density at radius 1 is 1.10 bits per heavy atom. The van der Waals surface area contributed by atoms with Gasteiger partial charge in [0.2, 0.25) is 0 Å². The van der Waals surface area contributed by atoms with Gasteiger partial charge in [0, 0.05) is 17.0 Å². The highest BCUT2D eigenvalue weighted by molar-refractivity contribution is 7.79. The third kappa shape index (κ3) is 3.76. The molecule has 0 saturated heterocycles. The Morgan fingerprint density at radius 2 is 1.80 bits per heavy atom. The van der Waals surface area contributed by atoms with Crippen LogP contribution in [0.5, 0.6) is 5.75 Å². The summed E-state index contributed by atoms with van der Waals surface area (Å²) in [6.45, 7) is 7.05. The zero-order valence-electron chi connectivity index (χ0n) is 12.3. The Balaban J connectivity index is 2.15. The van der Waals surface area contributed by atoms with E-state index in [2.05, 4.69) is 49.7 Å². The predicted octanol–water partition coefficient (Wildman–Crippen LogP) is 4.52. The summed E-state index contributed by atoms with van der Waals surface area (Å²) < 4.78 is 5.69. The van der Waals surface area contributed by atoms with Gasteiger partial charge in [0.1, 0.15) is 5.75 Å². The van der Waals surface area contributed by atoms with Crippen LogP contribution in [-0.4, -0.2) is 11.6 Å². The van der Waals surface area contributed by atoms with E-state index in [0.29, 0.717) is 5.92 Å². The number of rotatable bonds is 5. The predicted molar refractivity (Wildman–Crippen MR) is 87.4 cm³/mol. The first-order valence-electron chi connectivity index (χ1n) is 6.90. The van der Waals surface area contributed by atoms with Gasteiger partial charge in [-0.3, -0.25) is 4.98 Å². The molecule has 0 fully saturated rings. The van der Waals surface area contributed by atoms with Crippen LogP contribution < -0.4 is 4.74 Å². The van der Waals surface area contributed by atoms with Gasteiger partial charge in [0.05, 0.1) is 12.3 Å². The number of hydrogen-bond acceptors (Lipinski definition) is 3. The number of thiol groups is 1. The van der Waals surface area contributed by atoms with Gasteiger partial charge in [-0.1, -0.05) is 19.9 Å². The monoisotopic (exact) mass is 287 g/mol. The van der Waals surface area contributed by atoms with Crippen molar-refractivity contribution in [1.29, 1.82) is 0 Å². The second kappa shape index (κ2) is 6.80. The molecule has 1 aromatic carbocycles. The van der Waals surface area contributed by atoms with Crippen LogP contribution in [0.1, 0.15) is 25.1 Å². The maximum atomic E-state index is 5.69. The third-order valence-corrected chi connectivity index (χ3v) is 3.44. The molecule has 1 heterocycles. The van der Waals surface area contributed by atoms with E-state index in [1.807, 2.05) is 25.1 Å². The highest BCUT2D eigenvalue weighted by Crippen LogP contribution is 2.22. The summed E-state index contributed by atoms with van der Waals surface area (Å²) in [5.41, 5.74) is 4.31. The van der Waals surface area contributed by atoms with Crippen molar-refractivity contribution < 1.29 is 4.74 Å². The lowest BCUT2D eigenvalue weighted by molar-refractivity contribution is 0.271. The van der Waals surface area contributed by atoms with Crippen molar-refractivity contribution in [3.05, 3.63) is 47.7 Å². The molecule has 0 aliphatic rings. The Morgan fingerprint density at radius 3 is 2.35 bits per heavy atom. The zero-order chi connectivity index (χ0) is 14.5. The lowest BCUT2D eigenvalue weighted by atomic mass is 10.1. The molecule has 2 aromatic rings. The first-order valence-corrected chi connectivity index (χ1v) is 7.54. The van der Waals surface area contributed by atoms with Gasteiger partial charge in [-0.15, -0.1) is 0 Å². The number of aryl methyl sites for hydroxylation is 1. The van der Waals surface area contributed by atoms with Crippen LogP contribution in [0, 0.1) is 12.8 Å². The number of benzene rings is 1. The van der Waals surface area contributed by atoms with Gasteiger partial charge in [-0.25, -0.2) is 0 Å². The van der Waals surface area contributed by atoms with Gasteiger partial charge in [-0.2, -0.15) is 12.6 Å². The molecule has 0 radical (unpaired) electrons. The van der Waals surface area contributed by atoms with Crippen LogP contribution in [0.3, 0.4) is 0 Å². The van der Waals surface area contributed by atoms with Crippen LogP contribution in [-0.2, 0) is 5.75 Å². The molecule has 0 aliphatic carbocycles. The van der Waals surface area contributed by atoms with Crippen LogP contribution in [0.4, 0.5) is 0 Å². The highest BCUT2D eigenvalue weighted by atomic mass is 32.1. The summed E-state index contributed by atoms with van der Waals surface area (Å²) in [5.74, 6) is 2.17. The van der Waals surface area contributed by atoms with Crippen molar-refractivity contribution in [2.24, 2.45) is 5.92 Å². The molecule has 0 aliphatic heterocycles. The van der Waals surface area contributed by atoms with Crippen molar-refractivity contribution in [2.75, 3.05) is 6.61 Å². The molecular weight excluding hydrogens is 266 g/mol. The highest BCUT2D eigenvalue weighted by Gasteiger charge is 2.04. The second-order valence-electron chi connectivity index (χ2n) is 5.33. The van der Waals surface area contributed by atoms with Crippen LogP contribution in [0.25, 0.3) is 11.3 Å². The van der Waals surface area contributed by atoms with Crippen molar-refractivity contribution in [3.63, 3.8) is 0 Å². The lowest BCUT2D eigenvalue weighted by Gasteiger charge is -2.10. The van der Waals surface area contributed by atoms with Crippen molar-refractivity contribution in [2.45, 2.75) is 26.5 Å². The molecule has 0 N–H and O–H groups in total. The number of aromatic nitrogens is 1. The minimum Gasteiger partial charge on any atom is -0.493 e. The standard InChI is InChI=1S/C17H21NOS/c1-12(2)10-19-16-7-4-14(5-8-16)17-9-6-15(11-20)13(3)18-17/h4-9,12,20H,10-11H2,1-3H3. The van der Waals surface area contributed by atoms with Gasteiger partial charge >= 0.3 is 0 Å². The number of pyridine rings is 1. The second-order valence-corrected chi connectivity index (χ2v) is 5.64. The first kappa shape index (κ1) is 14.9. The fourth-order valence-corrected chi connectivity index (χ4v) is 2.24. The lowest BCUT2D eigenvalue weighted by Crippen LogP contribution is -2.04. The SMILES string of the molecule is Cc1nc(-c2ccc(OCC(C)C)cc2)ccc1CS. The molecule has 0 atom stereocenters. The summed E-state index contributed by atoms with van der Waals surface area (Å²) in [4.78, 5) is 4.63. The van der Waals surface area contributed by atoms with Gasteiger partial charge < -0.3 is 4.74 Å². The molecule has 106 valence electrons. The van der Waals surface area contributed by atoms with Crippen molar-refractivity contribution in [3.8, 4) is 17.0 Å². The molecule has 2 nitrogen and oxygen atoms in total. The Bertz CT molecular complexity index is 564. The van der Waals surface area contributed by atoms with Crippen LogP contribution in [0.15, 0.2) is 36.4 Å². The summed E-state index contributed by atoms with van der Waals surface area (Å²) in [6.07, 6.45) is 0. The summed E-state index contributed by atoms with van der Waals surface area (Å²) in [5, 5.41) is 0. The molecule has 20 heavy (non-hydrogen) atoms. The Labute approximate surface area is 126 Å². The third-order valence-electron chi connectivity index (χ3n) is 3.10. The average molecular weight is 287 g/mol. The van der Waals surface area contributed by atoms with Gasteiger partial charge in [0.15, 0.2) is 0 Å². The van der Waals surface area contributed by atoms with E-state index in [0.717, 1.165) is 35.1 Å². The maximum Gasteiger partial charge on any atom is 0.119 e. The van der Waals surface area contributed by atoms with Gasteiger partial charge in [-0.05, 0) is 48.7 Å². The quantitative estimate of drug-likeness (QED) is 0.817. The van der Waals surface area contributed by atoms with E-state index >= 15 is 0 Å². The topological polar surface area (TPSA) is 22.1 Å². The maximum absolute atomic E-state index is 5.69. The number of ether oxygens (including phenoxy) is 1. The summed E-state index contributed by atoms with van der Waals surface area (Å²) in [6, 6.07) is 12.2. The number of hydrogen-bond donors (Lipinski definition) is 1. The fourth-order valence-electron chi connectivity index (χ4n) is 1.90. The smallest absolute Gasteiger partial charge is 0.119 e. The molecule has 0 unspecified atom stereocenters. The van der Waals surface area contributed by atoms with Gasteiger partial charge in [0.25, 0.3) is 0 Å². The number of nitrogens with zero attached hydrogens (tertiary/aromatic N) is 1. The minimum atomic E-state index is 0.535. The zero-order valence-corrected chi connectivity index (χ0v) is 13.2. The molecule has 0 spiro atoms. The van der Waals surface area contributed by atoms with Crippen LogP contribution in [0.2, 0.25) is 0 Å². The Hall–Kier alpha value is -1.48. The van der Waals surface area contributed by atoms with E-state index in [1.165, 1.54) is 5.56 Å². The Kier molecular flexibility index (Phi) is 5.07. The normalized spacial score (nSPS) is 10.8. The van der Waals surface area contributed by atoms with E-state index in [4.69, 9.17) is 4.74 Å². The molecule has 2 rings (SSSR count). The molecule has 0 amide bonds. The summed E-state index contributed by atoms with van der Waals surface area (Å²) >= 11 is 4.30. The molecule has 0 saturated carbocycles. The minimum absolute atomic E-state index is 0.535. The molecule has 0 bridgehead atoms. The van der Waals surface area contributed by atoms with Crippen molar-refractivity contribution in [1.82, 2.24) is 4.98 Å². The molecule has 1 aromatic heterocycles. The average Bonchev–Trinajstić information content (AvgIpc) is 2.45. The first-order chi connectivity index (χ1) is 9.60. The molecule has 3 heteroatoms. The largest absolute Gasteiger partial charge is 0.493 e. The van der Waals surface area contributed by atoms with E-state index in [-0.39, 0.29) is 0 Å². The molecular formula is C17H21NOS. The fraction of sp³-hybridized carbons (Fsp3) is 0.353.